The molecule has 15 atom stereocenters. The highest BCUT2D eigenvalue weighted by Crippen LogP contribution is 2.51. The van der Waals surface area contributed by atoms with Crippen LogP contribution in [0.3, 0.4) is 0 Å². The molecule has 1 aliphatic carbocycles. The van der Waals surface area contributed by atoms with Crippen molar-refractivity contribution < 1.29 is 101 Å². The number of ketones is 3. The Kier molecular flexibility index (Phi) is 30.6. The van der Waals surface area contributed by atoms with Gasteiger partial charge in [0, 0.05) is 154 Å². The second-order valence-electron chi connectivity index (χ2n) is 34.4. The molecule has 8 aliphatic rings. The number of phenols is 2. The van der Waals surface area contributed by atoms with Crippen molar-refractivity contribution in [2.24, 2.45) is 47.3 Å². The van der Waals surface area contributed by atoms with Crippen molar-refractivity contribution in [3.05, 3.63) is 154 Å². The molecule has 0 radical (unpaired) electrons. The Labute approximate surface area is 725 Å². The van der Waals surface area contributed by atoms with E-state index in [2.05, 4.69) is 26.6 Å². The van der Waals surface area contributed by atoms with Gasteiger partial charge in [0.2, 0.25) is 35.0 Å². The highest BCUT2D eigenvalue weighted by molar-refractivity contribution is 6.23. The minimum Gasteiger partial charge on any atom is -0.507 e. The lowest BCUT2D eigenvalue weighted by molar-refractivity contribution is -0.160. The number of hydrogen-bond acceptors (Lipinski definition) is 24. The van der Waals surface area contributed by atoms with Crippen LogP contribution in [0.4, 0.5) is 11.4 Å². The van der Waals surface area contributed by atoms with Gasteiger partial charge in [0.1, 0.15) is 46.3 Å². The summed E-state index contributed by atoms with van der Waals surface area (Å²) in [7, 11) is 1.41. The van der Waals surface area contributed by atoms with Crippen LogP contribution in [-0.4, -0.2) is 200 Å². The predicted octanol–water partition coefficient (Wildman–Crippen LogP) is 8.86. The number of methoxy groups -OCH3 is 1. The van der Waals surface area contributed by atoms with E-state index in [0.717, 1.165) is 22.6 Å². The number of carbonyl (C=O) groups is 12. The molecule has 0 spiro atoms. The largest absolute Gasteiger partial charge is 0.507 e. The van der Waals surface area contributed by atoms with Crippen LogP contribution in [-0.2, 0) is 79.8 Å². The third-order valence-electron chi connectivity index (χ3n) is 25.0. The number of ether oxygens (including phenoxy) is 4. The van der Waals surface area contributed by atoms with Gasteiger partial charge < -0.3 is 80.2 Å². The molecule has 2 saturated heterocycles. The second kappa shape index (κ2) is 40.8. The number of rotatable bonds is 28. The Morgan fingerprint density at radius 2 is 1.42 bits per heavy atom. The summed E-state index contributed by atoms with van der Waals surface area (Å²) >= 11 is 0. The summed E-state index contributed by atoms with van der Waals surface area (Å²) in [6, 6.07) is 17.6. The fourth-order valence-corrected chi connectivity index (χ4v) is 17.4. The van der Waals surface area contributed by atoms with Gasteiger partial charge in [-0.3, -0.25) is 67.2 Å². The number of imide groups is 1. The van der Waals surface area contributed by atoms with Crippen LogP contribution in [0.5, 0.6) is 17.2 Å². The number of phenolic OH excluding ortho intramolecular Hbond substituents is 2. The summed E-state index contributed by atoms with van der Waals surface area (Å²) in [4.78, 5) is 191. The number of fused-ring (bicyclic) bond motifs is 14. The van der Waals surface area contributed by atoms with Crippen LogP contribution in [0.25, 0.3) is 33.3 Å². The molecule has 4 aromatic rings. The van der Waals surface area contributed by atoms with Gasteiger partial charge in [0.25, 0.3) is 23.5 Å². The Bertz CT molecular complexity index is 5230. The first-order valence-electron chi connectivity index (χ1n) is 42.9. The average molecular weight is 1720 g/mol. The van der Waals surface area contributed by atoms with Crippen LogP contribution in [0, 0.1) is 54.3 Å². The van der Waals surface area contributed by atoms with Gasteiger partial charge in [-0.05, 0) is 87.8 Å². The molecule has 5 bridgehead atoms. The van der Waals surface area contributed by atoms with E-state index in [-0.39, 0.29) is 114 Å². The average Bonchev–Trinajstić information content (AvgIpc) is 1.59. The normalized spacial score (nSPS) is 24.2. The molecule has 2 fully saturated rings. The molecule has 0 aromatic heterocycles. The molecule has 7 heterocycles. The minimum absolute atomic E-state index is 0.0428. The number of nitrogens with one attached hydrogen (secondary N) is 5. The maximum atomic E-state index is 15.4. The lowest BCUT2D eigenvalue weighted by atomic mass is 9.78. The zero-order valence-electron chi connectivity index (χ0n) is 72.9. The smallest absolute Gasteiger partial charge is 0.312 e. The maximum absolute atomic E-state index is 15.4. The van der Waals surface area contributed by atoms with E-state index >= 15 is 19.2 Å². The number of aromatic nitrogens is 1. The number of aromatic hydroxyl groups is 2. The van der Waals surface area contributed by atoms with Crippen LogP contribution < -0.4 is 41.6 Å². The molecule has 0 saturated carbocycles. The summed E-state index contributed by atoms with van der Waals surface area (Å²) in [5.41, 5.74) is -0.292. The van der Waals surface area contributed by atoms with E-state index in [4.69, 9.17) is 28.3 Å². The number of nitrogens with zero attached hydrogens (tertiary/aromatic N) is 4. The fraction of sp³-hybridized carbons (Fsp3) is 0.489. The van der Waals surface area contributed by atoms with Crippen LogP contribution >= 0.6 is 0 Å². The highest BCUT2D eigenvalue weighted by atomic mass is 16.7. The third-order valence-corrected chi connectivity index (χ3v) is 25.0. The maximum Gasteiger partial charge on any atom is 0.312 e. The Balaban J connectivity index is 0.825. The number of allylic oxidation sites excluding steroid dienone is 2. The number of esters is 1. The number of aliphatic hydroxyl groups excluding tert-OH is 2. The van der Waals surface area contributed by atoms with Crippen molar-refractivity contribution in [1.82, 2.24) is 36.1 Å². The van der Waals surface area contributed by atoms with Crippen molar-refractivity contribution in [2.45, 2.75) is 208 Å². The molecule has 8 amide bonds. The second-order valence-corrected chi connectivity index (χ2v) is 34.4. The molecule has 12 rings (SSSR count). The molecule has 668 valence electrons. The first kappa shape index (κ1) is 93.7. The van der Waals surface area contributed by atoms with Crippen molar-refractivity contribution in [2.75, 3.05) is 50.1 Å². The summed E-state index contributed by atoms with van der Waals surface area (Å²) in [5.74, 6) is -16.0. The molecule has 4 aromatic carbocycles. The number of hydrogen-bond donors (Lipinski definition) is 9. The number of anilines is 2. The van der Waals surface area contributed by atoms with Gasteiger partial charge in [-0.25, -0.2) is 4.98 Å². The molecule has 31 heteroatoms. The first-order valence-corrected chi connectivity index (χ1v) is 42.9. The number of carbonyl (C=O) groups excluding carboxylic acids is 12. The number of benzene rings is 5. The van der Waals surface area contributed by atoms with E-state index < -0.39 is 201 Å². The summed E-state index contributed by atoms with van der Waals surface area (Å²) in [6.45, 7) is 19.9. The number of amides is 8. The van der Waals surface area contributed by atoms with Crippen LogP contribution in [0.15, 0.2) is 130 Å². The standard InChI is InChI=1S/C94H115N9O22/c1-14-50(4)78(99-93(120)65-29-22-36-102(65)74(111)48-95-71(108)34-39-103-72(109)30-31-73(103)110)67(106)45-60(41-49(2)3)92(119)97-64(43-59-27-19-16-20-28-59)66(105)44-61(42-58-25-17-15-18-26-58)91(118)96-62-32-37-101(38-33-62)63-46-68(107)79-70(47-63)124-88-80(98-79)75-76-84(114)56(10)87-77(75)89(116)94(12,125-87)122-40-35-69(121-13)53(7)86(123-57(11)104)55(9)83(113)54(8)82(112)51(5)23-21-24-52(6)90(117)100-81(88)85(76)115/h15-21,23-28,30-31,35,40,46-47,49-51,53-55,60-62,64-65,69,78,82-83,86,107,112-114H,14,22,29,32-34,36-39,41-45,48H2,1-13H3,(H,95,108)(H,96,118)(H,97,119)(H,99,120)(H,100,117)/b23-21+,40-35+,52-24-/t50-,51-,53+,54+,55+,60+,61+,64-,65-,69-,78-,82-,83+,86+,94-/m0/s1. The molecule has 9 N–H and O–H groups in total. The minimum atomic E-state index is -2.20. The Morgan fingerprint density at radius 3 is 2.06 bits per heavy atom. The van der Waals surface area contributed by atoms with Gasteiger partial charge in [-0.1, -0.05) is 141 Å². The van der Waals surface area contributed by atoms with Gasteiger partial charge in [0.05, 0.1) is 54.2 Å². The zero-order chi connectivity index (χ0) is 90.7. The van der Waals surface area contributed by atoms with Crippen molar-refractivity contribution in [1.29, 1.82) is 0 Å². The number of Topliss-reactive ketones (excluding diaryl/α,β-unsaturated/α-hetero) is 3. The predicted molar refractivity (Wildman–Crippen MR) is 464 cm³/mol. The lowest BCUT2D eigenvalue weighted by Gasteiger charge is -2.38. The van der Waals surface area contributed by atoms with Crippen LogP contribution in [0.2, 0.25) is 0 Å². The highest BCUT2D eigenvalue weighted by Gasteiger charge is 2.51. The first-order chi connectivity index (χ1) is 59.4. The van der Waals surface area contributed by atoms with Crippen LogP contribution in [0.1, 0.15) is 161 Å². The number of aliphatic hydroxyl groups is 2. The monoisotopic (exact) mass is 1720 g/mol. The number of likely N-dealkylation sites (tertiary alicyclic amines) is 1. The summed E-state index contributed by atoms with van der Waals surface area (Å²) < 4.78 is 30.9. The van der Waals surface area contributed by atoms with Crippen molar-refractivity contribution in [3.8, 4) is 28.7 Å². The zero-order valence-corrected chi connectivity index (χ0v) is 72.9. The molecule has 7 aliphatic heterocycles. The molecule has 31 nitrogen and oxygen atoms in total. The molecule has 125 heavy (non-hydrogen) atoms. The fourth-order valence-electron chi connectivity index (χ4n) is 17.4. The van der Waals surface area contributed by atoms with Gasteiger partial charge >= 0.3 is 11.8 Å². The molecule has 0 unspecified atom stereocenters. The topological polar surface area (TPSA) is 436 Å². The Hall–Kier alpha value is -12.0. The Morgan fingerprint density at radius 1 is 0.768 bits per heavy atom. The quantitative estimate of drug-likeness (QED) is 0.00957. The summed E-state index contributed by atoms with van der Waals surface area (Å²) in [6.07, 6.45) is 6.66. The molecular weight excluding hydrogens is 1610 g/mol. The molecular formula is C94H115N9O22. The lowest BCUT2D eigenvalue weighted by Crippen LogP contribution is -2.54. The van der Waals surface area contributed by atoms with Gasteiger partial charge in [-0.2, -0.15) is 0 Å². The SMILES string of the molecule is CC[C@H](C)[C@H](NC(=O)[C@@H]1CCCN1C(=O)CNC(=O)CCN1C(=O)C=CC1=O)C(=O)C[C@@H](CC(C)C)C(=O)N[C@@H](Cc1ccccc1)C(=O)C[C@@H](Cc1ccccc1)C(=O)NC1CCN(c2cc(O)c3nc4c5c6c7c(C)c(O)c5c(=O)c(c-4oc3c2)NC(=O)/C(C)=C\C=C\[C@H](C)[C@H](O)[C@@H](C)[C@@H](O)[C@@H](C)[C@H](OC(C)=O)[C@H](C)[C@@H](OC)/C=C/O[C@@](C)(O7)C6=O)CC1. The van der Waals surface area contributed by atoms with E-state index in [1.807, 2.05) is 74.2 Å². The van der Waals surface area contributed by atoms with Gasteiger partial charge in [0.15, 0.2) is 22.9 Å². The van der Waals surface area contributed by atoms with E-state index in [1.165, 1.54) is 70.3 Å². The van der Waals surface area contributed by atoms with E-state index in [0.29, 0.717) is 50.0 Å². The number of piperidine rings is 1. The van der Waals surface area contributed by atoms with E-state index in [1.54, 1.807) is 58.9 Å². The van der Waals surface area contributed by atoms with Crippen molar-refractivity contribution >= 4 is 104 Å². The summed E-state index contributed by atoms with van der Waals surface area (Å²) in [5, 5.41) is 61.4. The van der Waals surface area contributed by atoms with E-state index in [9.17, 15) is 63.6 Å². The third kappa shape index (κ3) is 21.5. The van der Waals surface area contributed by atoms with Crippen molar-refractivity contribution in [3.63, 3.8) is 0 Å². The van der Waals surface area contributed by atoms with Gasteiger partial charge in [-0.15, -0.1) is 0 Å².